The lowest BCUT2D eigenvalue weighted by molar-refractivity contribution is -0.139. The molecule has 1 aliphatic rings. The highest BCUT2D eigenvalue weighted by Gasteiger charge is 2.30. The topological polar surface area (TPSA) is 67.2 Å². The summed E-state index contributed by atoms with van der Waals surface area (Å²) in [6.45, 7) is 2.19. The summed E-state index contributed by atoms with van der Waals surface area (Å²) >= 11 is 0. The summed E-state index contributed by atoms with van der Waals surface area (Å²) in [4.78, 5) is 24.4. The standard InChI is InChI=1S/C11H16N4O2/c1-7-8(11(12-2)14(3)13-7)6-15-9(16)4-5-10(15)17/h12H,4-6H2,1-3H3. The summed E-state index contributed by atoms with van der Waals surface area (Å²) < 4.78 is 1.72. The third-order valence-corrected chi connectivity index (χ3v) is 3.05. The van der Waals surface area contributed by atoms with Gasteiger partial charge in [-0.2, -0.15) is 5.10 Å². The van der Waals surface area contributed by atoms with E-state index in [4.69, 9.17) is 0 Å². The van der Waals surface area contributed by atoms with Crippen LogP contribution in [0.4, 0.5) is 5.82 Å². The fourth-order valence-corrected chi connectivity index (χ4v) is 2.16. The quantitative estimate of drug-likeness (QED) is 0.772. The van der Waals surface area contributed by atoms with Crippen LogP contribution in [-0.2, 0) is 23.2 Å². The molecule has 1 saturated heterocycles. The third-order valence-electron chi connectivity index (χ3n) is 3.05. The summed E-state index contributed by atoms with van der Waals surface area (Å²) in [7, 11) is 3.63. The second kappa shape index (κ2) is 4.20. The lowest BCUT2D eigenvalue weighted by Gasteiger charge is -2.14. The minimum atomic E-state index is -0.0969. The molecule has 2 amide bonds. The van der Waals surface area contributed by atoms with Gasteiger partial charge in [-0.15, -0.1) is 0 Å². The van der Waals surface area contributed by atoms with E-state index in [1.807, 2.05) is 14.0 Å². The summed E-state index contributed by atoms with van der Waals surface area (Å²) in [5.41, 5.74) is 1.74. The Labute approximate surface area is 99.6 Å². The molecule has 6 nitrogen and oxygen atoms in total. The molecule has 0 radical (unpaired) electrons. The van der Waals surface area contributed by atoms with Crippen molar-refractivity contribution in [2.75, 3.05) is 12.4 Å². The van der Waals surface area contributed by atoms with Crippen LogP contribution in [0, 0.1) is 6.92 Å². The van der Waals surface area contributed by atoms with Crippen molar-refractivity contribution in [3.63, 3.8) is 0 Å². The molecule has 2 rings (SSSR count). The molecule has 92 valence electrons. The number of carbonyl (C=O) groups excluding carboxylic acids is 2. The van der Waals surface area contributed by atoms with Gasteiger partial charge in [-0.25, -0.2) is 0 Å². The van der Waals surface area contributed by atoms with Gasteiger partial charge in [0.15, 0.2) is 0 Å². The van der Waals surface area contributed by atoms with Gasteiger partial charge in [0.1, 0.15) is 5.82 Å². The average Bonchev–Trinajstić information content (AvgIpc) is 2.73. The number of rotatable bonds is 3. The van der Waals surface area contributed by atoms with E-state index in [0.717, 1.165) is 17.1 Å². The molecule has 1 aliphatic heterocycles. The number of imide groups is 1. The van der Waals surface area contributed by atoms with Crippen LogP contribution in [-0.4, -0.2) is 33.5 Å². The van der Waals surface area contributed by atoms with Crippen molar-refractivity contribution in [1.29, 1.82) is 0 Å². The minimum absolute atomic E-state index is 0.0969. The number of hydrogen-bond donors (Lipinski definition) is 1. The summed E-state index contributed by atoms with van der Waals surface area (Å²) in [5.74, 6) is 0.649. The SMILES string of the molecule is CNc1c(CN2C(=O)CCC2=O)c(C)nn1C. The third kappa shape index (κ3) is 1.90. The Morgan fingerprint density at radius 1 is 1.29 bits per heavy atom. The van der Waals surface area contributed by atoms with Gasteiger partial charge in [0.2, 0.25) is 11.8 Å². The second-order valence-electron chi connectivity index (χ2n) is 4.16. The molecule has 2 heterocycles. The first-order valence-electron chi connectivity index (χ1n) is 5.58. The van der Waals surface area contributed by atoms with Gasteiger partial charge in [0.25, 0.3) is 0 Å². The number of hydrogen-bond acceptors (Lipinski definition) is 4. The molecule has 0 atom stereocenters. The van der Waals surface area contributed by atoms with E-state index in [2.05, 4.69) is 10.4 Å². The monoisotopic (exact) mass is 236 g/mol. The van der Waals surface area contributed by atoms with Crippen molar-refractivity contribution in [1.82, 2.24) is 14.7 Å². The molecule has 0 unspecified atom stereocenters. The largest absolute Gasteiger partial charge is 0.373 e. The zero-order chi connectivity index (χ0) is 12.6. The number of nitrogens with zero attached hydrogens (tertiary/aromatic N) is 3. The molecule has 0 saturated carbocycles. The van der Waals surface area contributed by atoms with Gasteiger partial charge >= 0.3 is 0 Å². The number of likely N-dealkylation sites (tertiary alicyclic amines) is 1. The van der Waals surface area contributed by atoms with Gasteiger partial charge in [-0.1, -0.05) is 0 Å². The fraction of sp³-hybridized carbons (Fsp3) is 0.545. The zero-order valence-corrected chi connectivity index (χ0v) is 10.3. The van der Waals surface area contributed by atoms with E-state index in [9.17, 15) is 9.59 Å². The van der Waals surface area contributed by atoms with Crippen LogP contribution in [0.3, 0.4) is 0 Å². The fourth-order valence-electron chi connectivity index (χ4n) is 2.16. The number of amides is 2. The molecular weight excluding hydrogens is 220 g/mol. The highest BCUT2D eigenvalue weighted by atomic mass is 16.2. The van der Waals surface area contributed by atoms with Gasteiger partial charge in [0.05, 0.1) is 12.2 Å². The van der Waals surface area contributed by atoms with E-state index in [1.54, 1.807) is 11.7 Å². The molecule has 1 aromatic rings. The van der Waals surface area contributed by atoms with E-state index < -0.39 is 0 Å². The Balaban J connectivity index is 2.29. The van der Waals surface area contributed by atoms with Crippen LogP contribution in [0.25, 0.3) is 0 Å². The first-order chi connectivity index (χ1) is 8.04. The summed E-state index contributed by atoms with van der Waals surface area (Å²) in [6.07, 6.45) is 0.653. The molecule has 0 spiro atoms. The van der Waals surface area contributed by atoms with Crippen molar-refractivity contribution in [3.05, 3.63) is 11.3 Å². The zero-order valence-electron chi connectivity index (χ0n) is 10.3. The van der Waals surface area contributed by atoms with E-state index >= 15 is 0 Å². The first-order valence-corrected chi connectivity index (χ1v) is 5.58. The van der Waals surface area contributed by atoms with Crippen molar-refractivity contribution in [2.45, 2.75) is 26.3 Å². The van der Waals surface area contributed by atoms with Crippen LogP contribution in [0.15, 0.2) is 0 Å². The smallest absolute Gasteiger partial charge is 0.230 e. The highest BCUT2D eigenvalue weighted by molar-refractivity contribution is 6.01. The van der Waals surface area contributed by atoms with Crippen LogP contribution in [0.5, 0.6) is 0 Å². The Bertz CT molecular complexity index is 462. The van der Waals surface area contributed by atoms with Crippen molar-refractivity contribution >= 4 is 17.6 Å². The average molecular weight is 236 g/mol. The van der Waals surface area contributed by atoms with Crippen molar-refractivity contribution < 1.29 is 9.59 Å². The number of carbonyl (C=O) groups is 2. The van der Waals surface area contributed by atoms with Gasteiger partial charge < -0.3 is 5.32 Å². The van der Waals surface area contributed by atoms with E-state index in [-0.39, 0.29) is 11.8 Å². The Hall–Kier alpha value is -1.85. The Morgan fingerprint density at radius 3 is 2.41 bits per heavy atom. The van der Waals surface area contributed by atoms with Crippen molar-refractivity contribution in [3.8, 4) is 0 Å². The number of aryl methyl sites for hydroxylation is 2. The van der Waals surface area contributed by atoms with Crippen LogP contribution in [0.1, 0.15) is 24.1 Å². The molecule has 0 bridgehead atoms. The lowest BCUT2D eigenvalue weighted by Crippen LogP contribution is -2.28. The van der Waals surface area contributed by atoms with Gasteiger partial charge in [-0.3, -0.25) is 19.2 Å². The minimum Gasteiger partial charge on any atom is -0.373 e. The van der Waals surface area contributed by atoms with Crippen LogP contribution >= 0.6 is 0 Å². The number of nitrogens with one attached hydrogen (secondary N) is 1. The second-order valence-corrected chi connectivity index (χ2v) is 4.16. The van der Waals surface area contributed by atoms with Crippen LogP contribution in [0.2, 0.25) is 0 Å². The van der Waals surface area contributed by atoms with Crippen LogP contribution < -0.4 is 5.32 Å². The Kier molecular flexibility index (Phi) is 2.87. The molecule has 17 heavy (non-hydrogen) atoms. The summed E-state index contributed by atoms with van der Waals surface area (Å²) in [5, 5.41) is 7.32. The maximum atomic E-state index is 11.6. The molecule has 0 aromatic carbocycles. The highest BCUT2D eigenvalue weighted by Crippen LogP contribution is 2.23. The normalized spacial score (nSPS) is 15.8. The van der Waals surface area contributed by atoms with E-state index in [1.165, 1.54) is 4.90 Å². The van der Waals surface area contributed by atoms with Gasteiger partial charge in [0, 0.05) is 32.5 Å². The molecule has 1 N–H and O–H groups in total. The number of aromatic nitrogens is 2. The summed E-state index contributed by atoms with van der Waals surface area (Å²) in [6, 6.07) is 0. The van der Waals surface area contributed by atoms with Crippen molar-refractivity contribution in [2.24, 2.45) is 7.05 Å². The molecule has 0 aliphatic carbocycles. The molecule has 1 aromatic heterocycles. The molecule has 6 heteroatoms. The molecule has 1 fully saturated rings. The maximum absolute atomic E-state index is 11.6. The molecular formula is C11H16N4O2. The Morgan fingerprint density at radius 2 is 1.88 bits per heavy atom. The predicted molar refractivity (Wildman–Crippen MR) is 62.3 cm³/mol. The predicted octanol–water partition coefficient (Wildman–Crippen LogP) is 0.419. The maximum Gasteiger partial charge on any atom is 0.230 e. The van der Waals surface area contributed by atoms with E-state index in [0.29, 0.717) is 19.4 Å². The lowest BCUT2D eigenvalue weighted by atomic mass is 10.2. The number of anilines is 1. The van der Waals surface area contributed by atoms with Gasteiger partial charge in [-0.05, 0) is 6.92 Å². The first kappa shape index (κ1) is 11.6.